The molecule has 10 heteroatoms. The number of nitrogens with zero attached hydrogens (tertiary/aromatic N) is 2. The number of hydrogen-bond acceptors (Lipinski definition) is 7. The summed E-state index contributed by atoms with van der Waals surface area (Å²) < 4.78 is 33.6. The minimum absolute atomic E-state index is 0.102. The molecule has 0 aliphatic rings. The standard InChI is InChI=1S/C9H14ClN2O5PS/c1-3-9(4-2,18(13,14)15)19(16,17)8-11-5-7(10)6-12-8/h5-6H,3-4H2,1-2H3,(H2,13,14,15)/p-2. The van der Waals surface area contributed by atoms with Gasteiger partial charge in [-0.1, -0.05) is 25.4 Å². The van der Waals surface area contributed by atoms with Gasteiger partial charge < -0.3 is 14.4 Å². The summed E-state index contributed by atoms with van der Waals surface area (Å²) in [5, 5.41) is -0.613. The molecule has 0 saturated heterocycles. The van der Waals surface area contributed by atoms with Crippen molar-refractivity contribution in [3.8, 4) is 0 Å². The normalized spacial score (nSPS) is 13.5. The van der Waals surface area contributed by atoms with E-state index < -0.39 is 27.1 Å². The van der Waals surface area contributed by atoms with E-state index in [1.165, 1.54) is 13.8 Å². The lowest BCUT2D eigenvalue weighted by molar-refractivity contribution is -0.318. The van der Waals surface area contributed by atoms with Gasteiger partial charge in [-0.2, -0.15) is 0 Å². The fourth-order valence-corrected chi connectivity index (χ4v) is 5.55. The largest absolute Gasteiger partial charge is 0.810 e. The Morgan fingerprint density at radius 1 is 1.26 bits per heavy atom. The van der Waals surface area contributed by atoms with E-state index in [-0.39, 0.29) is 17.9 Å². The van der Waals surface area contributed by atoms with E-state index in [2.05, 4.69) is 9.97 Å². The Labute approximate surface area is 116 Å². The molecule has 0 unspecified atom stereocenters. The Bertz CT molecular complexity index is 594. The van der Waals surface area contributed by atoms with Gasteiger partial charge in [-0.25, -0.2) is 18.4 Å². The molecule has 0 radical (unpaired) electrons. The quantitative estimate of drug-likeness (QED) is 0.564. The van der Waals surface area contributed by atoms with Crippen molar-refractivity contribution in [3.63, 3.8) is 0 Å². The van der Waals surface area contributed by atoms with Gasteiger partial charge in [0.25, 0.3) is 0 Å². The van der Waals surface area contributed by atoms with Gasteiger partial charge in [0.15, 0.2) is 0 Å². The molecule has 1 heterocycles. The molecule has 0 spiro atoms. The summed E-state index contributed by atoms with van der Waals surface area (Å²) in [6.07, 6.45) is 1.31. The Hall–Kier alpha value is -0.530. The average molecular weight is 327 g/mol. The molecule has 1 rings (SSSR count). The summed E-state index contributed by atoms with van der Waals surface area (Å²) in [6, 6.07) is 0. The molecule has 0 amide bonds. The van der Waals surface area contributed by atoms with Crippen molar-refractivity contribution in [2.24, 2.45) is 0 Å². The second-order valence-corrected chi connectivity index (χ2v) is 8.58. The molecule has 0 aliphatic heterocycles. The van der Waals surface area contributed by atoms with E-state index >= 15 is 0 Å². The molecule has 1 aromatic heterocycles. The van der Waals surface area contributed by atoms with E-state index in [1.807, 2.05) is 0 Å². The smallest absolute Gasteiger partial charge is 0.248 e. The summed E-state index contributed by atoms with van der Waals surface area (Å²) in [6.45, 7) is 2.64. The third-order valence-corrected chi connectivity index (χ3v) is 8.43. The van der Waals surface area contributed by atoms with Gasteiger partial charge in [0.05, 0.1) is 17.4 Å². The van der Waals surface area contributed by atoms with Crippen LogP contribution in [0.5, 0.6) is 0 Å². The Morgan fingerprint density at radius 3 is 2.00 bits per heavy atom. The predicted octanol–water partition coefficient (Wildman–Crippen LogP) is 0.334. The number of rotatable bonds is 5. The van der Waals surface area contributed by atoms with Crippen LogP contribution in [0.4, 0.5) is 0 Å². The van der Waals surface area contributed by atoms with Crippen molar-refractivity contribution in [2.45, 2.75) is 36.3 Å². The molecule has 0 N–H and O–H groups in total. The second kappa shape index (κ2) is 5.46. The van der Waals surface area contributed by atoms with Gasteiger partial charge in [-0.15, -0.1) is 0 Å². The SMILES string of the molecule is CCC(CC)(P(=O)([O-])[O-])S(=O)(=O)c1ncc(Cl)cn1. The van der Waals surface area contributed by atoms with Crippen LogP contribution in [0.3, 0.4) is 0 Å². The van der Waals surface area contributed by atoms with Crippen LogP contribution in [0, 0.1) is 0 Å². The molecule has 0 saturated carbocycles. The lowest BCUT2D eigenvalue weighted by Crippen LogP contribution is -2.45. The molecule has 0 fully saturated rings. The zero-order chi connectivity index (χ0) is 14.9. The lowest BCUT2D eigenvalue weighted by Gasteiger charge is -2.47. The number of aromatic nitrogens is 2. The molecule has 0 atom stereocenters. The van der Waals surface area contributed by atoms with Crippen LogP contribution in [-0.2, 0) is 14.4 Å². The van der Waals surface area contributed by atoms with Crippen LogP contribution in [0.1, 0.15) is 26.7 Å². The predicted molar refractivity (Wildman–Crippen MR) is 65.1 cm³/mol. The van der Waals surface area contributed by atoms with Gasteiger partial charge in [-0.3, -0.25) is 0 Å². The number of halogens is 1. The summed E-state index contributed by atoms with van der Waals surface area (Å²) in [7, 11) is -9.91. The van der Waals surface area contributed by atoms with E-state index in [0.717, 1.165) is 12.4 Å². The monoisotopic (exact) mass is 326 g/mol. The maximum Gasteiger partial charge on any atom is 0.248 e. The van der Waals surface area contributed by atoms with Crippen molar-refractivity contribution in [1.29, 1.82) is 0 Å². The fraction of sp³-hybridized carbons (Fsp3) is 0.556. The highest BCUT2D eigenvalue weighted by atomic mass is 35.5. The topological polar surface area (TPSA) is 123 Å². The molecule has 7 nitrogen and oxygen atoms in total. The van der Waals surface area contributed by atoms with Crippen LogP contribution in [0.25, 0.3) is 0 Å². The van der Waals surface area contributed by atoms with Gasteiger partial charge in [0.1, 0.15) is 4.49 Å². The highest BCUT2D eigenvalue weighted by Gasteiger charge is 2.46. The summed E-state index contributed by atoms with van der Waals surface area (Å²) in [4.78, 5) is 29.8. The van der Waals surface area contributed by atoms with Crippen LogP contribution in [0.2, 0.25) is 5.02 Å². The van der Waals surface area contributed by atoms with E-state index in [4.69, 9.17) is 11.6 Å². The molecule has 1 aromatic rings. The molecule has 19 heavy (non-hydrogen) atoms. The Kier molecular flexibility index (Phi) is 4.75. The first-order valence-corrected chi connectivity index (χ1v) is 8.77. The van der Waals surface area contributed by atoms with Crippen molar-refractivity contribution in [2.75, 3.05) is 0 Å². The first kappa shape index (κ1) is 16.5. The molecule has 0 aliphatic carbocycles. The van der Waals surface area contributed by atoms with E-state index in [1.54, 1.807) is 0 Å². The van der Waals surface area contributed by atoms with Gasteiger partial charge in [0.2, 0.25) is 15.0 Å². The molecular weight excluding hydrogens is 315 g/mol. The van der Waals surface area contributed by atoms with Crippen LogP contribution in [-0.4, -0.2) is 22.9 Å². The second-order valence-electron chi connectivity index (χ2n) is 3.84. The summed E-state index contributed by atoms with van der Waals surface area (Å²) >= 11 is 5.54. The molecule has 108 valence electrons. The zero-order valence-electron chi connectivity index (χ0n) is 10.2. The molecule has 0 bridgehead atoms. The Balaban J connectivity index is 3.54. The van der Waals surface area contributed by atoms with Gasteiger partial charge in [0, 0.05) is 0 Å². The molecular formula is C9H12ClN2O5PS-2. The minimum atomic E-state index is -5.41. The minimum Gasteiger partial charge on any atom is -0.810 e. The van der Waals surface area contributed by atoms with Crippen LogP contribution in [0.15, 0.2) is 17.6 Å². The van der Waals surface area contributed by atoms with Gasteiger partial charge >= 0.3 is 0 Å². The maximum absolute atomic E-state index is 12.3. The summed E-state index contributed by atoms with van der Waals surface area (Å²) in [5.74, 6) is 0. The fourth-order valence-electron chi connectivity index (χ4n) is 1.77. The third kappa shape index (κ3) is 2.68. The van der Waals surface area contributed by atoms with Crippen molar-refractivity contribution >= 4 is 29.0 Å². The van der Waals surface area contributed by atoms with Crippen molar-refractivity contribution < 1.29 is 22.8 Å². The Morgan fingerprint density at radius 2 is 1.68 bits per heavy atom. The zero-order valence-corrected chi connectivity index (χ0v) is 12.7. The van der Waals surface area contributed by atoms with Crippen molar-refractivity contribution in [1.82, 2.24) is 9.97 Å². The van der Waals surface area contributed by atoms with Gasteiger partial charge in [-0.05, 0) is 20.4 Å². The maximum atomic E-state index is 12.3. The van der Waals surface area contributed by atoms with E-state index in [0.29, 0.717) is 0 Å². The highest BCUT2D eigenvalue weighted by Crippen LogP contribution is 2.53. The highest BCUT2D eigenvalue weighted by molar-refractivity contribution is 7.99. The molecule has 0 aromatic carbocycles. The first-order chi connectivity index (χ1) is 8.62. The number of sulfone groups is 1. The number of hydrogen-bond donors (Lipinski definition) is 0. The lowest BCUT2D eigenvalue weighted by atomic mass is 10.2. The van der Waals surface area contributed by atoms with E-state index in [9.17, 15) is 22.8 Å². The average Bonchev–Trinajstić information content (AvgIpc) is 2.29. The van der Waals surface area contributed by atoms with Crippen LogP contribution >= 0.6 is 19.2 Å². The van der Waals surface area contributed by atoms with Crippen molar-refractivity contribution in [3.05, 3.63) is 17.4 Å². The first-order valence-electron chi connectivity index (χ1n) is 5.36. The van der Waals surface area contributed by atoms with Crippen LogP contribution < -0.4 is 9.79 Å². The summed E-state index contributed by atoms with van der Waals surface area (Å²) in [5.41, 5.74) is 0. The third-order valence-electron chi connectivity index (χ3n) is 2.94.